The quantitative estimate of drug-likeness (QED) is 0.578. The number of hydrogen-bond acceptors (Lipinski definition) is 5. The van der Waals surface area contributed by atoms with Crippen molar-refractivity contribution < 1.29 is 17.9 Å². The third-order valence-electron chi connectivity index (χ3n) is 2.72. The lowest BCUT2D eigenvalue weighted by Gasteiger charge is -2.14. The number of carbonyl (C=O) groups excluding carboxylic acids is 1. The van der Waals surface area contributed by atoms with Crippen LogP contribution in [0.1, 0.15) is 6.92 Å². The van der Waals surface area contributed by atoms with Crippen molar-refractivity contribution in [2.75, 3.05) is 26.0 Å². The van der Waals surface area contributed by atoms with Gasteiger partial charge in [0.05, 0.1) is 17.2 Å². The number of hydrogen-bond donors (Lipinski definition) is 2. The lowest BCUT2D eigenvalue weighted by Crippen LogP contribution is -2.39. The molecule has 0 aliphatic heterocycles. The van der Waals surface area contributed by atoms with Gasteiger partial charge in [0.25, 0.3) is 0 Å². The number of amides is 1. The topological polar surface area (TPSA) is 98.5 Å². The van der Waals surface area contributed by atoms with Crippen molar-refractivity contribution >= 4 is 37.4 Å². The van der Waals surface area contributed by atoms with Gasteiger partial charge >= 0.3 is 0 Å². The summed E-state index contributed by atoms with van der Waals surface area (Å²) in [6.07, 6.45) is 0. The summed E-state index contributed by atoms with van der Waals surface area (Å²) in [5, 5.41) is 1.28. The number of carbonyl (C=O) groups is 1. The van der Waals surface area contributed by atoms with Crippen LogP contribution in [0.15, 0.2) is 27.6 Å². The second-order valence-corrected chi connectivity index (χ2v) is 7.31. The highest BCUT2D eigenvalue weighted by atomic mass is 79.9. The Kier molecular flexibility index (Phi) is 5.97. The Bertz CT molecular complexity index is 589. The number of nitrogens with one attached hydrogen (secondary N) is 1. The number of halogens is 1. The van der Waals surface area contributed by atoms with Crippen LogP contribution in [0.2, 0.25) is 0 Å². The zero-order chi connectivity index (χ0) is 15.3. The fourth-order valence-electron chi connectivity index (χ4n) is 1.53. The highest BCUT2D eigenvalue weighted by molar-refractivity contribution is 9.10. The molecule has 1 aromatic rings. The first kappa shape index (κ1) is 16.9. The van der Waals surface area contributed by atoms with E-state index in [4.69, 9.17) is 10.5 Å². The minimum Gasteiger partial charge on any atom is -0.398 e. The van der Waals surface area contributed by atoms with Gasteiger partial charge in [0.2, 0.25) is 5.91 Å². The van der Waals surface area contributed by atoms with Gasteiger partial charge in [-0.05, 0) is 25.1 Å². The van der Waals surface area contributed by atoms with E-state index >= 15 is 0 Å². The molecule has 0 fully saturated rings. The Morgan fingerprint density at radius 3 is 2.70 bits per heavy atom. The maximum absolute atomic E-state index is 12.4. The molecule has 0 saturated heterocycles. The second-order valence-electron chi connectivity index (χ2n) is 4.15. The van der Waals surface area contributed by atoms with Crippen molar-refractivity contribution in [1.82, 2.24) is 5.32 Å². The molecule has 0 aromatic heterocycles. The van der Waals surface area contributed by atoms with Crippen LogP contribution in [0.5, 0.6) is 0 Å². The highest BCUT2D eigenvalue weighted by Gasteiger charge is 2.31. The summed E-state index contributed by atoms with van der Waals surface area (Å²) in [5.41, 5.74) is 5.81. The molecule has 0 bridgehead atoms. The molecule has 6 nitrogen and oxygen atoms in total. The third-order valence-corrected chi connectivity index (χ3v) is 5.34. The van der Waals surface area contributed by atoms with Crippen LogP contribution in [0.25, 0.3) is 0 Å². The van der Waals surface area contributed by atoms with Gasteiger partial charge in [-0.3, -0.25) is 4.79 Å². The summed E-state index contributed by atoms with van der Waals surface area (Å²) in [7, 11) is -2.33. The van der Waals surface area contributed by atoms with Gasteiger partial charge in [-0.25, -0.2) is 8.42 Å². The molecule has 0 heterocycles. The molecule has 1 aromatic carbocycles. The zero-order valence-electron chi connectivity index (χ0n) is 11.2. The van der Waals surface area contributed by atoms with Crippen LogP contribution in [0.3, 0.4) is 0 Å². The molecule has 1 unspecified atom stereocenters. The SMILES string of the molecule is COCCNC(=O)C(C)S(=O)(=O)c1ccc(Br)cc1N. The number of ether oxygens (including phenoxy) is 1. The van der Waals surface area contributed by atoms with Crippen LogP contribution in [-0.4, -0.2) is 39.8 Å². The van der Waals surface area contributed by atoms with Crippen molar-refractivity contribution in [2.24, 2.45) is 0 Å². The summed E-state index contributed by atoms with van der Waals surface area (Å²) in [4.78, 5) is 11.8. The smallest absolute Gasteiger partial charge is 0.238 e. The Hall–Kier alpha value is -1.12. The molecular formula is C12H17BrN2O4S. The second kappa shape index (κ2) is 7.05. The number of nitrogen functional groups attached to an aromatic ring is 1. The molecule has 0 spiro atoms. The fourth-order valence-corrected chi connectivity index (χ4v) is 3.30. The van der Waals surface area contributed by atoms with Crippen molar-refractivity contribution in [1.29, 1.82) is 0 Å². The Morgan fingerprint density at radius 1 is 1.50 bits per heavy atom. The minimum absolute atomic E-state index is 0.0462. The van der Waals surface area contributed by atoms with E-state index in [0.717, 1.165) is 0 Å². The van der Waals surface area contributed by atoms with E-state index in [0.29, 0.717) is 11.1 Å². The van der Waals surface area contributed by atoms with E-state index in [-0.39, 0.29) is 17.1 Å². The lowest BCUT2D eigenvalue weighted by molar-refractivity contribution is -0.120. The average molecular weight is 365 g/mol. The summed E-state index contributed by atoms with van der Waals surface area (Å²) in [6, 6.07) is 4.44. The summed E-state index contributed by atoms with van der Waals surface area (Å²) in [6.45, 7) is 1.91. The first-order chi connectivity index (χ1) is 9.30. The van der Waals surface area contributed by atoms with E-state index in [1.165, 1.54) is 26.2 Å². The first-order valence-corrected chi connectivity index (χ1v) is 8.20. The van der Waals surface area contributed by atoms with Crippen LogP contribution in [-0.2, 0) is 19.4 Å². The molecule has 1 rings (SSSR count). The summed E-state index contributed by atoms with van der Waals surface area (Å²) in [5.74, 6) is -0.579. The third kappa shape index (κ3) is 3.94. The van der Waals surface area contributed by atoms with E-state index in [9.17, 15) is 13.2 Å². The predicted molar refractivity (Wildman–Crippen MR) is 80.1 cm³/mol. The predicted octanol–water partition coefficient (Wildman–Crippen LogP) is 0.956. The number of sulfone groups is 1. The number of benzene rings is 1. The lowest BCUT2D eigenvalue weighted by atomic mass is 10.3. The van der Waals surface area contributed by atoms with Crippen molar-refractivity contribution in [3.8, 4) is 0 Å². The van der Waals surface area contributed by atoms with E-state index < -0.39 is 21.0 Å². The average Bonchev–Trinajstić information content (AvgIpc) is 2.37. The molecule has 112 valence electrons. The summed E-state index contributed by atoms with van der Waals surface area (Å²) >= 11 is 3.20. The van der Waals surface area contributed by atoms with Gasteiger partial charge in [0, 0.05) is 18.1 Å². The summed E-state index contributed by atoms with van der Waals surface area (Å²) < 4.78 is 30.2. The standard InChI is InChI=1S/C12H17BrN2O4S/c1-8(12(16)15-5-6-19-2)20(17,18)11-4-3-9(13)7-10(11)14/h3-4,7-8H,5-6,14H2,1-2H3,(H,15,16). The van der Waals surface area contributed by atoms with Crippen molar-refractivity contribution in [2.45, 2.75) is 17.1 Å². The molecule has 1 atom stereocenters. The normalized spacial score (nSPS) is 12.9. The molecule has 1 amide bonds. The van der Waals surface area contributed by atoms with E-state index in [1.807, 2.05) is 0 Å². The molecule has 0 aliphatic rings. The Morgan fingerprint density at radius 2 is 2.15 bits per heavy atom. The van der Waals surface area contributed by atoms with Crippen LogP contribution < -0.4 is 11.1 Å². The molecule has 8 heteroatoms. The van der Waals surface area contributed by atoms with Gasteiger partial charge in [-0.15, -0.1) is 0 Å². The molecule has 3 N–H and O–H groups in total. The molecule has 20 heavy (non-hydrogen) atoms. The van der Waals surface area contributed by atoms with Crippen molar-refractivity contribution in [3.63, 3.8) is 0 Å². The van der Waals surface area contributed by atoms with Gasteiger partial charge in [-0.1, -0.05) is 15.9 Å². The van der Waals surface area contributed by atoms with Crippen LogP contribution in [0.4, 0.5) is 5.69 Å². The minimum atomic E-state index is -3.82. The maximum Gasteiger partial charge on any atom is 0.238 e. The van der Waals surface area contributed by atoms with Gasteiger partial charge in [0.1, 0.15) is 5.25 Å². The van der Waals surface area contributed by atoms with E-state index in [1.54, 1.807) is 6.07 Å². The van der Waals surface area contributed by atoms with Gasteiger partial charge in [-0.2, -0.15) is 0 Å². The highest BCUT2D eigenvalue weighted by Crippen LogP contribution is 2.26. The molecule has 0 aliphatic carbocycles. The van der Waals surface area contributed by atoms with Crippen LogP contribution in [0, 0.1) is 0 Å². The largest absolute Gasteiger partial charge is 0.398 e. The number of nitrogens with two attached hydrogens (primary N) is 1. The van der Waals surface area contributed by atoms with Gasteiger partial charge in [0.15, 0.2) is 9.84 Å². The maximum atomic E-state index is 12.4. The number of anilines is 1. The molecule has 0 saturated carbocycles. The number of rotatable bonds is 6. The first-order valence-electron chi connectivity index (χ1n) is 5.86. The van der Waals surface area contributed by atoms with E-state index in [2.05, 4.69) is 21.2 Å². The van der Waals surface area contributed by atoms with Gasteiger partial charge < -0.3 is 15.8 Å². The Labute approximate surface area is 126 Å². The van der Waals surface area contributed by atoms with Crippen molar-refractivity contribution in [3.05, 3.63) is 22.7 Å². The Balaban J connectivity index is 2.95. The molecule has 0 radical (unpaired) electrons. The monoisotopic (exact) mass is 364 g/mol. The fraction of sp³-hybridized carbons (Fsp3) is 0.417. The zero-order valence-corrected chi connectivity index (χ0v) is 13.6. The van der Waals surface area contributed by atoms with Crippen LogP contribution >= 0.6 is 15.9 Å². The number of methoxy groups -OCH3 is 1. The molecular weight excluding hydrogens is 348 g/mol.